The average molecular weight is 396 g/mol. The molecule has 0 saturated carbocycles. The second kappa shape index (κ2) is 10.2. The van der Waals surface area contributed by atoms with Gasteiger partial charge < -0.3 is 10.2 Å². The smallest absolute Gasteiger partial charge is 0.251 e. The summed E-state index contributed by atoms with van der Waals surface area (Å²) in [5.41, 5.74) is 0.384. The fourth-order valence-electron chi connectivity index (χ4n) is 3.59. The van der Waals surface area contributed by atoms with Gasteiger partial charge in [0.2, 0.25) is 10.0 Å². The van der Waals surface area contributed by atoms with E-state index in [2.05, 4.69) is 17.1 Å². The monoisotopic (exact) mass is 395 g/mol. The molecule has 1 amide bonds. The van der Waals surface area contributed by atoms with Crippen LogP contribution in [0, 0.1) is 0 Å². The lowest BCUT2D eigenvalue weighted by molar-refractivity contribution is 0.0948. The summed E-state index contributed by atoms with van der Waals surface area (Å²) in [5.74, 6) is -0.224. The topological polar surface area (TPSA) is 69.7 Å². The van der Waals surface area contributed by atoms with E-state index in [1.807, 2.05) is 0 Å². The Kier molecular flexibility index (Phi) is 8.26. The van der Waals surface area contributed by atoms with Gasteiger partial charge in [0.1, 0.15) is 0 Å². The van der Waals surface area contributed by atoms with Crippen molar-refractivity contribution in [1.29, 1.82) is 0 Å². The number of carbonyl (C=O) groups excluding carboxylic acids is 1. The van der Waals surface area contributed by atoms with E-state index in [1.54, 1.807) is 32.0 Å². The number of hydrogen-bond acceptors (Lipinski definition) is 4. The number of piperidine rings is 1. The second-order valence-corrected chi connectivity index (χ2v) is 9.05. The predicted octanol–water partition coefficient (Wildman–Crippen LogP) is 2.71. The summed E-state index contributed by atoms with van der Waals surface area (Å²) in [5, 5.41) is 2.92. The number of likely N-dealkylation sites (tertiary alicyclic amines) is 1. The molecule has 1 unspecified atom stereocenters. The van der Waals surface area contributed by atoms with Crippen LogP contribution in [0.2, 0.25) is 0 Å². The van der Waals surface area contributed by atoms with Crippen molar-refractivity contribution in [2.24, 2.45) is 0 Å². The number of hydrogen-bond donors (Lipinski definition) is 1. The molecule has 1 atom stereocenters. The Morgan fingerprint density at radius 1 is 1.26 bits per heavy atom. The number of nitrogens with one attached hydrogen (secondary N) is 1. The van der Waals surface area contributed by atoms with Crippen LogP contribution in [0.1, 0.15) is 56.8 Å². The van der Waals surface area contributed by atoms with Gasteiger partial charge in [-0.05, 0) is 50.9 Å². The van der Waals surface area contributed by atoms with Crippen molar-refractivity contribution in [2.75, 3.05) is 32.7 Å². The molecule has 1 aromatic rings. The molecule has 2 rings (SSSR count). The Balaban J connectivity index is 1.91. The average Bonchev–Trinajstić information content (AvgIpc) is 2.67. The van der Waals surface area contributed by atoms with Gasteiger partial charge in [-0.3, -0.25) is 4.79 Å². The molecule has 1 heterocycles. The van der Waals surface area contributed by atoms with Crippen LogP contribution in [-0.4, -0.2) is 62.3 Å². The van der Waals surface area contributed by atoms with Gasteiger partial charge in [0.05, 0.1) is 4.90 Å². The van der Waals surface area contributed by atoms with Gasteiger partial charge in [-0.15, -0.1) is 0 Å². The van der Waals surface area contributed by atoms with Crippen LogP contribution < -0.4 is 5.32 Å². The molecule has 7 heteroatoms. The molecule has 1 aliphatic heterocycles. The van der Waals surface area contributed by atoms with Gasteiger partial charge in [0.15, 0.2) is 0 Å². The highest BCUT2D eigenvalue weighted by Crippen LogP contribution is 2.18. The van der Waals surface area contributed by atoms with Crippen molar-refractivity contribution in [3.63, 3.8) is 0 Å². The molecule has 6 nitrogen and oxygen atoms in total. The summed E-state index contributed by atoms with van der Waals surface area (Å²) in [6.45, 7) is 9.41. The minimum atomic E-state index is -3.56. The van der Waals surface area contributed by atoms with E-state index >= 15 is 0 Å². The molecule has 0 radical (unpaired) electrons. The van der Waals surface area contributed by atoms with E-state index < -0.39 is 10.0 Å². The molecule has 1 fully saturated rings. The van der Waals surface area contributed by atoms with Crippen molar-refractivity contribution in [2.45, 2.75) is 57.4 Å². The lowest BCUT2D eigenvalue weighted by Gasteiger charge is -2.33. The molecular formula is C20H33N3O3S. The number of amides is 1. The number of benzene rings is 1. The molecular weight excluding hydrogens is 362 g/mol. The highest BCUT2D eigenvalue weighted by molar-refractivity contribution is 7.89. The fraction of sp³-hybridized carbons (Fsp3) is 0.650. The number of rotatable bonds is 9. The quantitative estimate of drug-likeness (QED) is 0.653. The van der Waals surface area contributed by atoms with E-state index in [-0.39, 0.29) is 10.8 Å². The molecule has 1 N–H and O–H groups in total. The van der Waals surface area contributed by atoms with Gasteiger partial charge >= 0.3 is 0 Å². The maximum Gasteiger partial charge on any atom is 0.251 e. The zero-order valence-corrected chi connectivity index (χ0v) is 17.6. The van der Waals surface area contributed by atoms with Gasteiger partial charge in [-0.1, -0.05) is 26.3 Å². The first kappa shape index (κ1) is 21.9. The number of carbonyl (C=O) groups is 1. The van der Waals surface area contributed by atoms with Crippen LogP contribution in [0.15, 0.2) is 29.2 Å². The summed E-state index contributed by atoms with van der Waals surface area (Å²) in [4.78, 5) is 15.1. The molecule has 27 heavy (non-hydrogen) atoms. The summed E-state index contributed by atoms with van der Waals surface area (Å²) in [7, 11) is -3.56. The Hall–Kier alpha value is -1.44. The Bertz CT molecular complexity index is 717. The van der Waals surface area contributed by atoms with Crippen LogP contribution in [0.25, 0.3) is 0 Å². The summed E-state index contributed by atoms with van der Waals surface area (Å²) < 4.78 is 26.6. The second-order valence-electron chi connectivity index (χ2n) is 7.11. The zero-order chi connectivity index (χ0) is 19.9. The van der Waals surface area contributed by atoms with E-state index in [9.17, 15) is 13.2 Å². The lowest BCUT2D eigenvalue weighted by Crippen LogP contribution is -2.39. The third-order valence-electron chi connectivity index (χ3n) is 5.29. The Morgan fingerprint density at radius 3 is 2.67 bits per heavy atom. The van der Waals surface area contributed by atoms with E-state index in [0.717, 1.165) is 19.5 Å². The zero-order valence-electron chi connectivity index (χ0n) is 16.8. The Labute approximate surface area is 164 Å². The molecule has 0 bridgehead atoms. The summed E-state index contributed by atoms with van der Waals surface area (Å²) in [6, 6.07) is 6.92. The van der Waals surface area contributed by atoms with Gasteiger partial charge in [0, 0.05) is 37.8 Å². The van der Waals surface area contributed by atoms with Crippen molar-refractivity contribution < 1.29 is 13.2 Å². The van der Waals surface area contributed by atoms with Crippen molar-refractivity contribution in [3.05, 3.63) is 29.8 Å². The standard InChI is InChI=1S/C20H33N3O3S/c1-4-23(5-2)27(25,26)19-12-8-11-18(16-19)20(24)21-13-9-15-22-14-7-6-10-17(22)3/h8,11-12,16-17H,4-7,9-10,13-15H2,1-3H3,(H,21,24). The largest absolute Gasteiger partial charge is 0.352 e. The molecule has 0 spiro atoms. The fourth-order valence-corrected chi connectivity index (χ4v) is 5.09. The number of nitrogens with zero attached hydrogens (tertiary/aromatic N) is 2. The predicted molar refractivity (Wildman–Crippen MR) is 108 cm³/mol. The first-order valence-corrected chi connectivity index (χ1v) is 11.5. The van der Waals surface area contributed by atoms with E-state index in [4.69, 9.17) is 0 Å². The third-order valence-corrected chi connectivity index (χ3v) is 7.33. The minimum absolute atomic E-state index is 0.168. The molecule has 1 aromatic carbocycles. The maximum atomic E-state index is 12.6. The van der Waals surface area contributed by atoms with Gasteiger partial charge in [-0.2, -0.15) is 4.31 Å². The van der Waals surface area contributed by atoms with E-state index in [0.29, 0.717) is 31.2 Å². The first-order chi connectivity index (χ1) is 12.9. The summed E-state index contributed by atoms with van der Waals surface area (Å²) >= 11 is 0. The van der Waals surface area contributed by atoms with Gasteiger partial charge in [0.25, 0.3) is 5.91 Å². The molecule has 0 aromatic heterocycles. The van der Waals surface area contributed by atoms with Crippen LogP contribution >= 0.6 is 0 Å². The van der Waals surface area contributed by atoms with Crippen LogP contribution in [0.5, 0.6) is 0 Å². The Morgan fingerprint density at radius 2 is 2.00 bits per heavy atom. The van der Waals surface area contributed by atoms with Crippen molar-refractivity contribution in [1.82, 2.24) is 14.5 Å². The van der Waals surface area contributed by atoms with Crippen LogP contribution in [0.4, 0.5) is 0 Å². The SMILES string of the molecule is CCN(CC)S(=O)(=O)c1cccc(C(=O)NCCCN2CCCCC2C)c1. The lowest BCUT2D eigenvalue weighted by atomic mass is 10.0. The highest BCUT2D eigenvalue weighted by atomic mass is 32.2. The van der Waals surface area contributed by atoms with E-state index in [1.165, 1.54) is 29.6 Å². The van der Waals surface area contributed by atoms with Crippen molar-refractivity contribution in [3.8, 4) is 0 Å². The highest BCUT2D eigenvalue weighted by Gasteiger charge is 2.22. The third kappa shape index (κ3) is 5.77. The normalized spacial score (nSPS) is 18.6. The maximum absolute atomic E-state index is 12.6. The molecule has 152 valence electrons. The minimum Gasteiger partial charge on any atom is -0.352 e. The van der Waals surface area contributed by atoms with Crippen LogP contribution in [-0.2, 0) is 10.0 Å². The van der Waals surface area contributed by atoms with Crippen molar-refractivity contribution >= 4 is 15.9 Å². The summed E-state index contributed by atoms with van der Waals surface area (Å²) in [6.07, 6.45) is 4.71. The van der Waals surface area contributed by atoms with Gasteiger partial charge in [-0.25, -0.2) is 8.42 Å². The first-order valence-electron chi connectivity index (χ1n) is 10.0. The number of sulfonamides is 1. The van der Waals surface area contributed by atoms with Crippen LogP contribution in [0.3, 0.4) is 0 Å². The molecule has 1 saturated heterocycles. The molecule has 1 aliphatic rings. The molecule has 0 aliphatic carbocycles.